The molecule has 1 aromatic heterocycles. The number of nitrogens with zero attached hydrogens (tertiary/aromatic N) is 2. The molecular weight excluding hydrogens is 388 g/mol. The van der Waals surface area contributed by atoms with Gasteiger partial charge in [0.25, 0.3) is 5.22 Å². The first-order valence-corrected chi connectivity index (χ1v) is 8.03. The van der Waals surface area contributed by atoms with Crippen LogP contribution in [0.4, 0.5) is 0 Å². The van der Waals surface area contributed by atoms with Gasteiger partial charge in [-0.2, -0.15) is 0 Å². The first-order chi connectivity index (χ1) is 11.2. The Bertz CT molecular complexity index is 804. The van der Waals surface area contributed by atoms with Gasteiger partial charge in [0.05, 0.1) is 6.42 Å². The molecule has 1 heterocycles. The number of halogens is 1. The Hall–Kier alpha value is -2.05. The molecule has 0 fully saturated rings. The average molecular weight is 404 g/mol. The van der Waals surface area contributed by atoms with Gasteiger partial charge in [0, 0.05) is 10.5 Å². The van der Waals surface area contributed by atoms with Crippen LogP contribution in [0.1, 0.15) is 23.9 Å². The molecule has 124 valence electrons. The molecule has 0 spiro atoms. The van der Waals surface area contributed by atoms with Crippen LogP contribution in [0.15, 0.2) is 75.2 Å². The summed E-state index contributed by atoms with van der Waals surface area (Å²) < 4.78 is 5.64. The average Bonchev–Trinajstić information content (AvgIpc) is 3.02. The minimum absolute atomic E-state index is 0. The molecule has 4 nitrogen and oxygen atoms in total. The van der Waals surface area contributed by atoms with Gasteiger partial charge in [0.15, 0.2) is 0 Å². The standard InChI is InChI=1S/C18H16N2O2S.BrH/c1-13(17(21)15-10-6-3-7-11-15)23-18-20-19-16(22-18)12-14-8-4-2-5-9-14;/h2-11,21H,12H2,1H3;1H/p-1/b17-13-;. The quantitative estimate of drug-likeness (QED) is 0.518. The number of rotatable bonds is 5. The molecule has 0 bridgehead atoms. The molecule has 0 amide bonds. The van der Waals surface area contributed by atoms with E-state index in [4.69, 9.17) is 4.42 Å². The number of aromatic nitrogens is 2. The van der Waals surface area contributed by atoms with Gasteiger partial charge in [0.1, 0.15) is 5.76 Å². The maximum absolute atomic E-state index is 10.3. The lowest BCUT2D eigenvalue weighted by Gasteiger charge is -2.03. The summed E-state index contributed by atoms with van der Waals surface area (Å²) in [5.41, 5.74) is 1.88. The Balaban J connectivity index is 0.00000208. The van der Waals surface area contributed by atoms with Crippen molar-refractivity contribution in [2.24, 2.45) is 0 Å². The maximum Gasteiger partial charge on any atom is 0.281 e. The Morgan fingerprint density at radius 2 is 1.62 bits per heavy atom. The summed E-state index contributed by atoms with van der Waals surface area (Å²) in [4.78, 5) is 0.714. The van der Waals surface area contributed by atoms with Crippen LogP contribution in [0.5, 0.6) is 0 Å². The third-order valence-electron chi connectivity index (χ3n) is 3.27. The van der Waals surface area contributed by atoms with Crippen molar-refractivity contribution < 1.29 is 26.5 Å². The van der Waals surface area contributed by atoms with Crippen molar-refractivity contribution in [3.63, 3.8) is 0 Å². The second-order valence-corrected chi connectivity index (χ2v) is 6.16. The third-order valence-corrected chi connectivity index (χ3v) is 4.11. The van der Waals surface area contributed by atoms with Crippen LogP contribution in [-0.2, 0) is 6.42 Å². The molecule has 24 heavy (non-hydrogen) atoms. The van der Waals surface area contributed by atoms with Crippen molar-refractivity contribution in [3.05, 3.63) is 82.6 Å². The zero-order valence-electron chi connectivity index (χ0n) is 13.0. The fourth-order valence-electron chi connectivity index (χ4n) is 2.10. The van der Waals surface area contributed by atoms with E-state index in [0.717, 1.165) is 11.1 Å². The first kappa shape index (κ1) is 18.3. The van der Waals surface area contributed by atoms with Crippen LogP contribution in [0, 0.1) is 0 Å². The van der Waals surface area contributed by atoms with E-state index in [2.05, 4.69) is 10.2 Å². The molecule has 3 aromatic rings. The fourth-order valence-corrected chi connectivity index (χ4v) is 2.80. The van der Waals surface area contributed by atoms with Crippen molar-refractivity contribution in [2.45, 2.75) is 18.6 Å². The van der Waals surface area contributed by atoms with Gasteiger partial charge in [-0.1, -0.05) is 60.7 Å². The van der Waals surface area contributed by atoms with Crippen LogP contribution >= 0.6 is 11.8 Å². The van der Waals surface area contributed by atoms with Gasteiger partial charge in [0.2, 0.25) is 5.89 Å². The van der Waals surface area contributed by atoms with E-state index in [1.54, 1.807) is 0 Å². The van der Waals surface area contributed by atoms with Crippen molar-refractivity contribution in [2.75, 3.05) is 0 Å². The zero-order chi connectivity index (χ0) is 16.1. The monoisotopic (exact) mass is 403 g/mol. The number of aliphatic hydroxyl groups is 1. The van der Waals surface area contributed by atoms with Gasteiger partial charge >= 0.3 is 0 Å². The molecule has 0 saturated carbocycles. The highest BCUT2D eigenvalue weighted by molar-refractivity contribution is 8.03. The molecule has 3 rings (SSSR count). The lowest BCUT2D eigenvalue weighted by atomic mass is 10.2. The van der Waals surface area contributed by atoms with Crippen molar-refractivity contribution in [1.29, 1.82) is 0 Å². The van der Waals surface area contributed by atoms with Crippen LogP contribution in [0.25, 0.3) is 5.76 Å². The number of hydrogen-bond donors (Lipinski definition) is 1. The van der Waals surface area contributed by atoms with Crippen LogP contribution < -0.4 is 17.0 Å². The normalized spacial score (nSPS) is 11.5. The lowest BCUT2D eigenvalue weighted by molar-refractivity contribution is -0.00000629. The van der Waals surface area contributed by atoms with Crippen LogP contribution in [0.3, 0.4) is 0 Å². The summed E-state index contributed by atoms with van der Waals surface area (Å²) in [6.07, 6.45) is 0.599. The third kappa shape index (κ3) is 4.72. The van der Waals surface area contributed by atoms with Gasteiger partial charge in [-0.25, -0.2) is 0 Å². The summed E-state index contributed by atoms with van der Waals surface area (Å²) in [5, 5.41) is 18.8. The predicted molar refractivity (Wildman–Crippen MR) is 91.1 cm³/mol. The molecule has 0 atom stereocenters. The number of thioether (sulfide) groups is 1. The minimum Gasteiger partial charge on any atom is -1.00 e. The Morgan fingerprint density at radius 3 is 2.29 bits per heavy atom. The summed E-state index contributed by atoms with van der Waals surface area (Å²) in [6.45, 7) is 1.83. The Morgan fingerprint density at radius 1 is 1.00 bits per heavy atom. The van der Waals surface area contributed by atoms with Crippen LogP contribution in [0.2, 0.25) is 0 Å². The molecule has 2 aromatic carbocycles. The molecule has 0 aliphatic heterocycles. The largest absolute Gasteiger partial charge is 1.00 e. The molecular formula is C18H16BrN2O2S-. The topological polar surface area (TPSA) is 59.2 Å². The zero-order valence-corrected chi connectivity index (χ0v) is 15.4. The highest BCUT2D eigenvalue weighted by atomic mass is 79.9. The van der Waals surface area contributed by atoms with E-state index in [0.29, 0.717) is 22.4 Å². The summed E-state index contributed by atoms with van der Waals surface area (Å²) in [5.74, 6) is 0.782. The Labute approximate surface area is 155 Å². The van der Waals surface area contributed by atoms with Crippen LogP contribution in [-0.4, -0.2) is 15.3 Å². The number of hydrogen-bond acceptors (Lipinski definition) is 5. The second kappa shape index (κ2) is 8.70. The molecule has 0 aliphatic rings. The van der Waals surface area contributed by atoms with E-state index >= 15 is 0 Å². The molecule has 0 radical (unpaired) electrons. The van der Waals surface area contributed by atoms with Gasteiger partial charge in [-0.05, 0) is 24.2 Å². The summed E-state index contributed by atoms with van der Waals surface area (Å²) in [6, 6.07) is 19.3. The summed E-state index contributed by atoms with van der Waals surface area (Å²) in [7, 11) is 0. The molecule has 0 unspecified atom stereocenters. The highest BCUT2D eigenvalue weighted by Gasteiger charge is 2.11. The van der Waals surface area contributed by atoms with Gasteiger partial charge < -0.3 is 26.5 Å². The number of aliphatic hydroxyl groups excluding tert-OH is 1. The molecule has 0 aliphatic carbocycles. The molecule has 6 heteroatoms. The summed E-state index contributed by atoms with van der Waals surface area (Å²) >= 11 is 1.27. The predicted octanol–water partition coefficient (Wildman–Crippen LogP) is 1.70. The second-order valence-electron chi connectivity index (χ2n) is 5.00. The maximum atomic E-state index is 10.3. The Kier molecular flexibility index (Phi) is 6.63. The van der Waals surface area contributed by atoms with E-state index in [1.165, 1.54) is 11.8 Å². The number of benzene rings is 2. The van der Waals surface area contributed by atoms with E-state index in [1.807, 2.05) is 67.6 Å². The SMILES string of the molecule is C/C(Sc1nnc(Cc2ccccc2)o1)=C(/O)c1ccccc1.[Br-]. The van der Waals surface area contributed by atoms with Crippen molar-refractivity contribution >= 4 is 17.5 Å². The van der Waals surface area contributed by atoms with Gasteiger partial charge in [-0.15, -0.1) is 10.2 Å². The van der Waals surface area contributed by atoms with E-state index < -0.39 is 0 Å². The minimum atomic E-state index is 0. The van der Waals surface area contributed by atoms with Crippen molar-refractivity contribution in [3.8, 4) is 0 Å². The molecule has 1 N–H and O–H groups in total. The highest BCUT2D eigenvalue weighted by Crippen LogP contribution is 2.30. The van der Waals surface area contributed by atoms with Crippen molar-refractivity contribution in [1.82, 2.24) is 10.2 Å². The lowest BCUT2D eigenvalue weighted by Crippen LogP contribution is -3.00. The smallest absolute Gasteiger partial charge is 0.281 e. The van der Waals surface area contributed by atoms with E-state index in [9.17, 15) is 5.11 Å². The van der Waals surface area contributed by atoms with E-state index in [-0.39, 0.29) is 22.7 Å². The molecule has 0 saturated heterocycles. The first-order valence-electron chi connectivity index (χ1n) is 7.22. The number of allylic oxidation sites excluding steroid dienone is 1. The fraction of sp³-hybridized carbons (Fsp3) is 0.111. The van der Waals surface area contributed by atoms with Gasteiger partial charge in [-0.3, -0.25) is 0 Å².